The molecule has 0 fully saturated rings. The van der Waals surface area contributed by atoms with Crippen LogP contribution in [0.1, 0.15) is 15.9 Å². The second-order valence-corrected chi connectivity index (χ2v) is 6.70. The van der Waals surface area contributed by atoms with Gasteiger partial charge in [0, 0.05) is 21.3 Å². The molecule has 28 heavy (non-hydrogen) atoms. The molecule has 0 spiro atoms. The molecule has 3 rings (SSSR count). The number of rotatable bonds is 5. The molecule has 0 aromatic heterocycles. The second kappa shape index (κ2) is 9.22. The highest BCUT2D eigenvalue weighted by molar-refractivity contribution is 6.32. The zero-order valence-corrected chi connectivity index (χ0v) is 16.2. The minimum Gasteiger partial charge on any atom is -0.321 e. The largest absolute Gasteiger partial charge is 0.321 e. The Kier molecular flexibility index (Phi) is 6.48. The number of hydrogen-bond acceptors (Lipinski definition) is 2. The zero-order chi connectivity index (χ0) is 19.9. The first-order chi connectivity index (χ1) is 13.5. The second-order valence-electron chi connectivity index (χ2n) is 5.86. The Morgan fingerprint density at radius 2 is 1.43 bits per heavy atom. The smallest absolute Gasteiger partial charge is 0.272 e. The average molecular weight is 411 g/mol. The van der Waals surface area contributed by atoms with E-state index < -0.39 is 11.8 Å². The van der Waals surface area contributed by atoms with Crippen molar-refractivity contribution in [2.45, 2.75) is 0 Å². The molecule has 0 aliphatic carbocycles. The van der Waals surface area contributed by atoms with Crippen LogP contribution in [0.4, 0.5) is 5.69 Å². The van der Waals surface area contributed by atoms with Crippen LogP contribution in [-0.4, -0.2) is 11.8 Å². The molecule has 0 aliphatic rings. The molecule has 0 heterocycles. The highest BCUT2D eigenvalue weighted by Crippen LogP contribution is 2.19. The Morgan fingerprint density at radius 1 is 0.786 bits per heavy atom. The molecular formula is C22H16Cl2N2O2. The topological polar surface area (TPSA) is 58.2 Å². The van der Waals surface area contributed by atoms with Crippen molar-refractivity contribution in [1.29, 1.82) is 0 Å². The standard InChI is InChI=1S/C22H16Cl2N2O2/c23-17-10-12-18(13-11-17)25-22(28)20(14-16-8-4-5-9-19(16)24)26-21(27)15-6-2-1-3-7-15/h1-14H,(H,25,28)(H,26,27)/b20-14+. The average Bonchev–Trinajstić information content (AvgIpc) is 2.71. The molecule has 6 heteroatoms. The van der Waals surface area contributed by atoms with Gasteiger partial charge in [-0.3, -0.25) is 9.59 Å². The van der Waals surface area contributed by atoms with E-state index in [4.69, 9.17) is 23.2 Å². The van der Waals surface area contributed by atoms with Gasteiger partial charge in [0.15, 0.2) is 0 Å². The summed E-state index contributed by atoms with van der Waals surface area (Å²) in [6.07, 6.45) is 1.54. The zero-order valence-electron chi connectivity index (χ0n) is 14.7. The summed E-state index contributed by atoms with van der Waals surface area (Å²) < 4.78 is 0. The van der Waals surface area contributed by atoms with E-state index in [1.54, 1.807) is 72.8 Å². The number of halogens is 2. The maximum Gasteiger partial charge on any atom is 0.272 e. The van der Waals surface area contributed by atoms with Crippen LogP contribution >= 0.6 is 23.2 Å². The molecule has 0 atom stereocenters. The van der Waals surface area contributed by atoms with Crippen molar-refractivity contribution in [1.82, 2.24) is 5.32 Å². The van der Waals surface area contributed by atoms with Gasteiger partial charge < -0.3 is 10.6 Å². The van der Waals surface area contributed by atoms with Gasteiger partial charge in [0.1, 0.15) is 5.70 Å². The fourth-order valence-corrected chi connectivity index (χ4v) is 2.74. The summed E-state index contributed by atoms with van der Waals surface area (Å²) >= 11 is 12.1. The Balaban J connectivity index is 1.89. The first-order valence-electron chi connectivity index (χ1n) is 8.42. The minimum absolute atomic E-state index is 0.0666. The van der Waals surface area contributed by atoms with Crippen molar-refractivity contribution in [2.75, 3.05) is 5.32 Å². The minimum atomic E-state index is -0.480. The van der Waals surface area contributed by atoms with Crippen LogP contribution in [0, 0.1) is 0 Å². The Morgan fingerprint density at radius 3 is 2.11 bits per heavy atom. The summed E-state index contributed by atoms with van der Waals surface area (Å²) in [7, 11) is 0. The number of amides is 2. The normalized spacial score (nSPS) is 11.0. The van der Waals surface area contributed by atoms with E-state index in [-0.39, 0.29) is 5.70 Å². The number of carbonyl (C=O) groups excluding carboxylic acids is 2. The van der Waals surface area contributed by atoms with Crippen LogP contribution in [0.25, 0.3) is 6.08 Å². The van der Waals surface area contributed by atoms with Crippen LogP contribution in [-0.2, 0) is 4.79 Å². The first-order valence-corrected chi connectivity index (χ1v) is 9.18. The van der Waals surface area contributed by atoms with Crippen LogP contribution in [0.3, 0.4) is 0 Å². The number of carbonyl (C=O) groups is 2. The SMILES string of the molecule is O=C(Nc1ccc(Cl)cc1)/C(=C\c1ccccc1Cl)NC(=O)c1ccccc1. The van der Waals surface area contributed by atoms with Gasteiger partial charge in [-0.2, -0.15) is 0 Å². The van der Waals surface area contributed by atoms with E-state index in [0.29, 0.717) is 26.9 Å². The molecule has 3 aromatic carbocycles. The van der Waals surface area contributed by atoms with Gasteiger partial charge in [-0.05, 0) is 54.1 Å². The Bertz CT molecular complexity index is 1020. The Labute approximate surface area is 172 Å². The van der Waals surface area contributed by atoms with Crippen molar-refractivity contribution in [2.24, 2.45) is 0 Å². The molecule has 0 unspecified atom stereocenters. The van der Waals surface area contributed by atoms with Gasteiger partial charge in [-0.15, -0.1) is 0 Å². The third-order valence-electron chi connectivity index (χ3n) is 3.84. The van der Waals surface area contributed by atoms with E-state index in [1.165, 1.54) is 6.08 Å². The predicted octanol–water partition coefficient (Wildman–Crippen LogP) is 5.40. The van der Waals surface area contributed by atoms with Crippen molar-refractivity contribution < 1.29 is 9.59 Å². The molecular weight excluding hydrogens is 395 g/mol. The third kappa shape index (κ3) is 5.22. The number of nitrogens with one attached hydrogen (secondary N) is 2. The van der Waals surface area contributed by atoms with Gasteiger partial charge >= 0.3 is 0 Å². The summed E-state index contributed by atoms with van der Waals surface area (Å²) in [5.74, 6) is -0.878. The van der Waals surface area contributed by atoms with Crippen LogP contribution < -0.4 is 10.6 Å². The van der Waals surface area contributed by atoms with Crippen LogP contribution in [0.5, 0.6) is 0 Å². The number of benzene rings is 3. The number of hydrogen-bond donors (Lipinski definition) is 2. The van der Waals surface area contributed by atoms with Crippen molar-refractivity contribution in [3.8, 4) is 0 Å². The lowest BCUT2D eigenvalue weighted by Gasteiger charge is -2.12. The molecule has 140 valence electrons. The lowest BCUT2D eigenvalue weighted by molar-refractivity contribution is -0.113. The summed E-state index contributed by atoms with van der Waals surface area (Å²) in [6.45, 7) is 0. The van der Waals surface area contributed by atoms with E-state index in [1.807, 2.05) is 6.07 Å². The molecule has 2 N–H and O–H groups in total. The van der Waals surface area contributed by atoms with E-state index in [9.17, 15) is 9.59 Å². The van der Waals surface area contributed by atoms with Gasteiger partial charge in [-0.25, -0.2) is 0 Å². The van der Waals surface area contributed by atoms with Gasteiger partial charge in [0.25, 0.3) is 11.8 Å². The van der Waals surface area contributed by atoms with E-state index in [0.717, 1.165) is 0 Å². The molecule has 0 radical (unpaired) electrons. The van der Waals surface area contributed by atoms with Crippen molar-refractivity contribution in [3.05, 3.63) is 106 Å². The molecule has 3 aromatic rings. The molecule has 0 saturated heterocycles. The van der Waals surface area contributed by atoms with Gasteiger partial charge in [0.05, 0.1) is 0 Å². The highest BCUT2D eigenvalue weighted by atomic mass is 35.5. The van der Waals surface area contributed by atoms with Crippen molar-refractivity contribution >= 4 is 46.8 Å². The molecule has 2 amide bonds. The van der Waals surface area contributed by atoms with Crippen LogP contribution in [0.2, 0.25) is 10.0 Å². The highest BCUT2D eigenvalue weighted by Gasteiger charge is 2.15. The third-order valence-corrected chi connectivity index (χ3v) is 4.43. The maximum absolute atomic E-state index is 12.8. The lowest BCUT2D eigenvalue weighted by atomic mass is 10.1. The fourth-order valence-electron chi connectivity index (χ4n) is 2.42. The molecule has 0 aliphatic heterocycles. The van der Waals surface area contributed by atoms with Gasteiger partial charge in [0.2, 0.25) is 0 Å². The number of anilines is 1. The summed E-state index contributed by atoms with van der Waals surface area (Å²) in [6, 6.07) is 22.4. The molecule has 4 nitrogen and oxygen atoms in total. The van der Waals surface area contributed by atoms with E-state index in [2.05, 4.69) is 10.6 Å². The van der Waals surface area contributed by atoms with E-state index >= 15 is 0 Å². The lowest BCUT2D eigenvalue weighted by Crippen LogP contribution is -2.30. The Hall–Kier alpha value is -3.08. The quantitative estimate of drug-likeness (QED) is 0.552. The van der Waals surface area contributed by atoms with Crippen molar-refractivity contribution in [3.63, 3.8) is 0 Å². The fraction of sp³-hybridized carbons (Fsp3) is 0. The maximum atomic E-state index is 12.8. The van der Waals surface area contributed by atoms with Crippen LogP contribution in [0.15, 0.2) is 84.6 Å². The summed E-state index contributed by atoms with van der Waals surface area (Å²) in [4.78, 5) is 25.4. The predicted molar refractivity (Wildman–Crippen MR) is 113 cm³/mol. The summed E-state index contributed by atoms with van der Waals surface area (Å²) in [5, 5.41) is 6.43. The molecule has 0 bridgehead atoms. The van der Waals surface area contributed by atoms with Gasteiger partial charge in [-0.1, -0.05) is 59.6 Å². The molecule has 0 saturated carbocycles. The monoisotopic (exact) mass is 410 g/mol. The first kappa shape index (κ1) is 19.7. The summed E-state index contributed by atoms with van der Waals surface area (Å²) in [5.41, 5.74) is 1.66.